The molecule has 0 amide bonds. The summed E-state index contributed by atoms with van der Waals surface area (Å²) in [4.78, 5) is 14.7. The molecule has 1 aromatic heterocycles. The van der Waals surface area contributed by atoms with Gasteiger partial charge < -0.3 is 9.84 Å². The normalized spacial score (nSPS) is 28.5. The Balaban J connectivity index is 1.25. The average molecular weight is 403 g/mol. The molecule has 2 fully saturated rings. The summed E-state index contributed by atoms with van der Waals surface area (Å²) in [5, 5.41) is 17.3. The standard InChI is InChI=1S/C24H25N3O3/c28-22-10-18-13-26(12-17(18)9-21(22)27-8-2-7-25-27)11-15-5-6-16-14-30-24(29)20-4-1-3-19(15)23(16)20/h1-8,17-18,21-22,28H,9-14H2/t17-,18+,21-,22-/m1/s1. The molecule has 0 unspecified atom stereocenters. The number of carbonyl (C=O) groups is 1. The van der Waals surface area contributed by atoms with E-state index in [0.29, 0.717) is 24.0 Å². The highest BCUT2D eigenvalue weighted by Crippen LogP contribution is 2.42. The van der Waals surface area contributed by atoms with Gasteiger partial charge in [0.15, 0.2) is 0 Å². The lowest BCUT2D eigenvalue weighted by molar-refractivity contribution is 0.0306. The van der Waals surface area contributed by atoms with Gasteiger partial charge in [-0.25, -0.2) is 4.79 Å². The first-order chi connectivity index (χ1) is 14.7. The Morgan fingerprint density at radius 1 is 1.10 bits per heavy atom. The number of benzene rings is 2. The molecule has 6 heteroatoms. The zero-order valence-electron chi connectivity index (χ0n) is 16.8. The van der Waals surface area contributed by atoms with E-state index >= 15 is 0 Å². The second kappa shape index (κ2) is 6.93. The number of esters is 1. The van der Waals surface area contributed by atoms with Crippen LogP contribution in [0.1, 0.15) is 40.4 Å². The number of hydrogen-bond donors (Lipinski definition) is 1. The fraction of sp³-hybridized carbons (Fsp3) is 0.417. The minimum absolute atomic E-state index is 0.0766. The summed E-state index contributed by atoms with van der Waals surface area (Å²) < 4.78 is 7.23. The molecule has 2 aliphatic heterocycles. The minimum Gasteiger partial charge on any atom is -0.457 e. The third-order valence-corrected chi connectivity index (χ3v) is 7.24. The highest BCUT2D eigenvalue weighted by molar-refractivity contribution is 6.08. The summed E-state index contributed by atoms with van der Waals surface area (Å²) in [5.41, 5.74) is 3.02. The van der Waals surface area contributed by atoms with Crippen molar-refractivity contribution in [3.63, 3.8) is 0 Å². The van der Waals surface area contributed by atoms with Gasteiger partial charge in [0, 0.05) is 37.4 Å². The number of aromatic nitrogens is 2. The van der Waals surface area contributed by atoms with Gasteiger partial charge in [0.2, 0.25) is 0 Å². The van der Waals surface area contributed by atoms with Gasteiger partial charge in [0.1, 0.15) is 6.61 Å². The fourth-order valence-electron chi connectivity index (χ4n) is 5.83. The smallest absolute Gasteiger partial charge is 0.339 e. The third-order valence-electron chi connectivity index (χ3n) is 7.24. The number of likely N-dealkylation sites (tertiary alicyclic amines) is 1. The van der Waals surface area contributed by atoms with E-state index in [9.17, 15) is 9.90 Å². The summed E-state index contributed by atoms with van der Waals surface area (Å²) in [7, 11) is 0. The van der Waals surface area contributed by atoms with Crippen molar-refractivity contribution in [3.05, 3.63) is 65.5 Å². The van der Waals surface area contributed by atoms with Gasteiger partial charge >= 0.3 is 5.97 Å². The predicted octanol–water partition coefficient (Wildman–Crippen LogP) is 3.15. The Morgan fingerprint density at radius 3 is 2.80 bits per heavy atom. The van der Waals surface area contributed by atoms with Crippen LogP contribution in [0.25, 0.3) is 10.8 Å². The van der Waals surface area contributed by atoms with Crippen molar-refractivity contribution in [1.29, 1.82) is 0 Å². The maximum absolute atomic E-state index is 12.2. The van der Waals surface area contributed by atoms with Crippen LogP contribution in [0.3, 0.4) is 0 Å². The van der Waals surface area contributed by atoms with Crippen molar-refractivity contribution < 1.29 is 14.6 Å². The second-order valence-corrected chi connectivity index (χ2v) is 8.99. The molecule has 0 bridgehead atoms. The van der Waals surface area contributed by atoms with E-state index in [1.54, 1.807) is 6.20 Å². The van der Waals surface area contributed by atoms with Gasteiger partial charge in [-0.3, -0.25) is 9.58 Å². The van der Waals surface area contributed by atoms with E-state index in [-0.39, 0.29) is 18.1 Å². The van der Waals surface area contributed by atoms with Crippen LogP contribution in [0.4, 0.5) is 0 Å². The topological polar surface area (TPSA) is 67.6 Å². The monoisotopic (exact) mass is 403 g/mol. The number of aliphatic hydroxyl groups is 1. The zero-order valence-corrected chi connectivity index (χ0v) is 16.8. The molecule has 6 nitrogen and oxygen atoms in total. The molecule has 4 atom stereocenters. The summed E-state index contributed by atoms with van der Waals surface area (Å²) in [5.74, 6) is 0.885. The Hall–Kier alpha value is -2.70. The molecular weight excluding hydrogens is 378 g/mol. The van der Waals surface area contributed by atoms with Crippen LogP contribution >= 0.6 is 0 Å². The molecule has 1 saturated heterocycles. The van der Waals surface area contributed by atoms with Crippen molar-refractivity contribution in [2.24, 2.45) is 11.8 Å². The van der Waals surface area contributed by atoms with Crippen LogP contribution in [0.5, 0.6) is 0 Å². The fourth-order valence-corrected chi connectivity index (χ4v) is 5.83. The summed E-state index contributed by atoms with van der Waals surface area (Å²) in [6.45, 7) is 3.27. The van der Waals surface area contributed by atoms with Crippen molar-refractivity contribution in [2.75, 3.05) is 13.1 Å². The van der Waals surface area contributed by atoms with Crippen molar-refractivity contribution in [2.45, 2.75) is 38.1 Å². The SMILES string of the molecule is O=C1OCc2ccc(CN3C[C@H]4C[C@@H](n5cccn5)[C@H](O)C[C@H]4C3)c3cccc1c23. The molecule has 6 rings (SSSR count). The molecule has 154 valence electrons. The van der Waals surface area contributed by atoms with Gasteiger partial charge in [0.05, 0.1) is 17.7 Å². The first-order valence-corrected chi connectivity index (χ1v) is 10.8. The van der Waals surface area contributed by atoms with E-state index in [1.165, 1.54) is 5.56 Å². The summed E-state index contributed by atoms with van der Waals surface area (Å²) in [6.07, 6.45) is 5.22. The zero-order chi connectivity index (χ0) is 20.2. The number of cyclic esters (lactones) is 1. The maximum Gasteiger partial charge on any atom is 0.339 e. The molecule has 1 aliphatic carbocycles. The number of hydrogen-bond acceptors (Lipinski definition) is 5. The third kappa shape index (κ3) is 2.86. The van der Waals surface area contributed by atoms with E-state index in [1.807, 2.05) is 29.1 Å². The number of fused-ring (bicyclic) bond motifs is 1. The number of nitrogens with zero attached hydrogens (tertiary/aromatic N) is 3. The molecule has 3 aliphatic rings. The number of carbonyl (C=O) groups excluding carboxylic acids is 1. The molecule has 0 radical (unpaired) electrons. The predicted molar refractivity (Wildman–Crippen MR) is 112 cm³/mol. The van der Waals surface area contributed by atoms with Crippen LogP contribution in [-0.4, -0.2) is 44.9 Å². The average Bonchev–Trinajstić information content (AvgIpc) is 3.41. The Labute approximate surface area is 175 Å². The molecule has 2 aromatic carbocycles. The lowest BCUT2D eigenvalue weighted by Gasteiger charge is -2.35. The van der Waals surface area contributed by atoms with Gasteiger partial charge in [-0.05, 0) is 53.3 Å². The van der Waals surface area contributed by atoms with Crippen LogP contribution in [0.2, 0.25) is 0 Å². The molecule has 0 spiro atoms. The molecule has 1 saturated carbocycles. The second-order valence-electron chi connectivity index (χ2n) is 8.99. The van der Waals surface area contributed by atoms with Crippen molar-refractivity contribution in [3.8, 4) is 0 Å². The molecule has 3 heterocycles. The first-order valence-electron chi connectivity index (χ1n) is 10.8. The number of aliphatic hydroxyl groups excluding tert-OH is 1. The van der Waals surface area contributed by atoms with Crippen molar-refractivity contribution in [1.82, 2.24) is 14.7 Å². The van der Waals surface area contributed by atoms with Gasteiger partial charge in [-0.2, -0.15) is 5.10 Å². The van der Waals surface area contributed by atoms with E-state index in [2.05, 4.69) is 28.2 Å². The number of ether oxygens (including phenoxy) is 1. The van der Waals surface area contributed by atoms with Gasteiger partial charge in [0.25, 0.3) is 0 Å². The van der Waals surface area contributed by atoms with Crippen molar-refractivity contribution >= 4 is 16.7 Å². The molecule has 1 N–H and O–H groups in total. The van der Waals surface area contributed by atoms with Crippen LogP contribution in [0.15, 0.2) is 48.8 Å². The van der Waals surface area contributed by atoms with Gasteiger partial charge in [-0.15, -0.1) is 0 Å². The van der Waals surface area contributed by atoms with Crippen LogP contribution in [-0.2, 0) is 17.9 Å². The Kier molecular flexibility index (Phi) is 4.18. The lowest BCUT2D eigenvalue weighted by Crippen LogP contribution is -2.36. The number of rotatable bonds is 3. The molecular formula is C24H25N3O3. The van der Waals surface area contributed by atoms with E-state index in [4.69, 9.17) is 4.74 Å². The Morgan fingerprint density at radius 2 is 1.97 bits per heavy atom. The highest BCUT2D eigenvalue weighted by Gasteiger charge is 2.42. The molecule has 3 aromatic rings. The minimum atomic E-state index is -0.336. The highest BCUT2D eigenvalue weighted by atomic mass is 16.5. The quantitative estimate of drug-likeness (QED) is 0.681. The molecule has 30 heavy (non-hydrogen) atoms. The maximum atomic E-state index is 12.2. The van der Waals surface area contributed by atoms with Crippen LogP contribution in [0, 0.1) is 11.8 Å². The summed E-state index contributed by atoms with van der Waals surface area (Å²) >= 11 is 0. The lowest BCUT2D eigenvalue weighted by atomic mass is 9.77. The van der Waals surface area contributed by atoms with Gasteiger partial charge in [-0.1, -0.05) is 24.3 Å². The Bertz CT molecular complexity index is 1110. The largest absolute Gasteiger partial charge is 0.457 e. The van der Waals surface area contributed by atoms with E-state index in [0.717, 1.165) is 48.8 Å². The summed E-state index contributed by atoms with van der Waals surface area (Å²) in [6, 6.07) is 12.2. The van der Waals surface area contributed by atoms with E-state index < -0.39 is 0 Å². The van der Waals surface area contributed by atoms with Crippen LogP contribution < -0.4 is 0 Å². The first kappa shape index (κ1) is 18.1.